The highest BCUT2D eigenvalue weighted by atomic mass is 16.1. The summed E-state index contributed by atoms with van der Waals surface area (Å²) in [6.07, 6.45) is 5.64. The monoisotopic (exact) mass is 172 g/mol. The second kappa shape index (κ2) is 3.23. The van der Waals surface area contributed by atoms with E-state index in [1.807, 2.05) is 18.2 Å². The van der Waals surface area contributed by atoms with Crippen molar-refractivity contribution in [2.24, 2.45) is 0 Å². The zero-order valence-corrected chi connectivity index (χ0v) is 6.90. The molecular formula is C10H8N2O. The molecule has 0 aliphatic heterocycles. The number of rotatable bonds is 2. The molecule has 0 amide bonds. The number of hydrogen-bond acceptors (Lipinski definition) is 2. The molecular weight excluding hydrogens is 164 g/mol. The fraction of sp³-hybridized carbons (Fsp3) is 0. The predicted octanol–water partition coefficient (Wildman–Crippen LogP) is 1.77. The summed E-state index contributed by atoms with van der Waals surface area (Å²) in [7, 11) is 0. The first-order valence-corrected chi connectivity index (χ1v) is 3.95. The Balaban J connectivity index is 2.47. The van der Waals surface area contributed by atoms with Crippen molar-refractivity contribution >= 4 is 23.4 Å². The van der Waals surface area contributed by atoms with E-state index < -0.39 is 0 Å². The van der Waals surface area contributed by atoms with Crippen molar-refractivity contribution in [3.8, 4) is 0 Å². The number of benzene rings is 1. The number of carbonyl (C=O) groups is 1. The van der Waals surface area contributed by atoms with Crippen molar-refractivity contribution in [1.82, 2.24) is 9.97 Å². The van der Waals surface area contributed by atoms with Crippen molar-refractivity contribution in [2.75, 3.05) is 0 Å². The Morgan fingerprint density at radius 1 is 1.38 bits per heavy atom. The number of imidazole rings is 1. The van der Waals surface area contributed by atoms with Gasteiger partial charge in [0.15, 0.2) is 0 Å². The summed E-state index contributed by atoms with van der Waals surface area (Å²) in [6.45, 7) is 0. The number of H-pyrrole nitrogens is 1. The first-order chi connectivity index (χ1) is 6.40. The van der Waals surface area contributed by atoms with E-state index in [1.54, 1.807) is 12.4 Å². The van der Waals surface area contributed by atoms with Crippen LogP contribution in [0.3, 0.4) is 0 Å². The number of aromatic amines is 1. The van der Waals surface area contributed by atoms with Gasteiger partial charge in [-0.05, 0) is 23.8 Å². The van der Waals surface area contributed by atoms with Gasteiger partial charge in [-0.15, -0.1) is 0 Å². The molecule has 0 radical (unpaired) electrons. The van der Waals surface area contributed by atoms with Crippen LogP contribution < -0.4 is 0 Å². The lowest BCUT2D eigenvalue weighted by Crippen LogP contribution is -1.73. The van der Waals surface area contributed by atoms with Crippen LogP contribution in [-0.2, 0) is 4.79 Å². The Bertz CT molecular complexity index is 457. The summed E-state index contributed by atoms with van der Waals surface area (Å²) in [5.41, 5.74) is 2.90. The minimum Gasteiger partial charge on any atom is -0.345 e. The van der Waals surface area contributed by atoms with Crippen molar-refractivity contribution < 1.29 is 4.79 Å². The van der Waals surface area contributed by atoms with Crippen molar-refractivity contribution in [1.29, 1.82) is 0 Å². The predicted molar refractivity (Wildman–Crippen MR) is 51.2 cm³/mol. The molecule has 0 atom stereocenters. The van der Waals surface area contributed by atoms with Gasteiger partial charge in [0.2, 0.25) is 0 Å². The van der Waals surface area contributed by atoms with Gasteiger partial charge in [-0.2, -0.15) is 0 Å². The molecule has 1 heterocycles. The SMILES string of the molecule is O=CC=Cc1ccc2nc[nH]c2c1. The highest BCUT2D eigenvalue weighted by Crippen LogP contribution is 2.12. The number of carbonyl (C=O) groups excluding carboxylic acids is 1. The molecule has 0 bridgehead atoms. The quantitative estimate of drug-likeness (QED) is 0.554. The van der Waals surface area contributed by atoms with Gasteiger partial charge >= 0.3 is 0 Å². The lowest BCUT2D eigenvalue weighted by molar-refractivity contribution is -0.104. The maximum absolute atomic E-state index is 10.1. The fourth-order valence-corrected chi connectivity index (χ4v) is 1.21. The van der Waals surface area contributed by atoms with Crippen LogP contribution in [0.25, 0.3) is 17.1 Å². The molecule has 3 nitrogen and oxygen atoms in total. The summed E-state index contributed by atoms with van der Waals surface area (Å²) >= 11 is 0. The molecule has 2 aromatic rings. The summed E-state index contributed by atoms with van der Waals surface area (Å²) < 4.78 is 0. The summed E-state index contributed by atoms with van der Waals surface area (Å²) in [6, 6.07) is 5.78. The van der Waals surface area contributed by atoms with E-state index in [2.05, 4.69) is 9.97 Å². The van der Waals surface area contributed by atoms with E-state index in [-0.39, 0.29) is 0 Å². The Kier molecular flexibility index (Phi) is 1.92. The molecule has 1 N–H and O–H groups in total. The number of aromatic nitrogens is 2. The Morgan fingerprint density at radius 2 is 2.31 bits per heavy atom. The van der Waals surface area contributed by atoms with Crippen LogP contribution in [0.5, 0.6) is 0 Å². The van der Waals surface area contributed by atoms with E-state index in [4.69, 9.17) is 0 Å². The van der Waals surface area contributed by atoms with Gasteiger partial charge in [-0.25, -0.2) is 4.98 Å². The van der Waals surface area contributed by atoms with Gasteiger partial charge in [0, 0.05) is 0 Å². The van der Waals surface area contributed by atoms with Gasteiger partial charge < -0.3 is 4.98 Å². The van der Waals surface area contributed by atoms with Gasteiger partial charge in [0.05, 0.1) is 17.4 Å². The fourth-order valence-electron chi connectivity index (χ4n) is 1.21. The third-order valence-electron chi connectivity index (χ3n) is 1.81. The maximum Gasteiger partial charge on any atom is 0.142 e. The molecule has 13 heavy (non-hydrogen) atoms. The molecule has 1 aromatic carbocycles. The third-order valence-corrected chi connectivity index (χ3v) is 1.81. The zero-order chi connectivity index (χ0) is 9.10. The lowest BCUT2D eigenvalue weighted by Gasteiger charge is -1.91. The summed E-state index contributed by atoms with van der Waals surface area (Å²) in [4.78, 5) is 17.2. The summed E-state index contributed by atoms with van der Waals surface area (Å²) in [5, 5.41) is 0. The van der Waals surface area contributed by atoms with E-state index in [1.165, 1.54) is 6.08 Å². The highest BCUT2D eigenvalue weighted by Gasteiger charge is 1.94. The van der Waals surface area contributed by atoms with E-state index in [0.717, 1.165) is 22.9 Å². The molecule has 0 aliphatic rings. The van der Waals surface area contributed by atoms with Crippen LogP contribution in [0.4, 0.5) is 0 Å². The first-order valence-electron chi connectivity index (χ1n) is 3.95. The van der Waals surface area contributed by atoms with Crippen LogP contribution in [-0.4, -0.2) is 16.3 Å². The lowest BCUT2D eigenvalue weighted by atomic mass is 10.2. The van der Waals surface area contributed by atoms with Crippen LogP contribution in [0.1, 0.15) is 5.56 Å². The van der Waals surface area contributed by atoms with Crippen LogP contribution in [0.15, 0.2) is 30.6 Å². The van der Waals surface area contributed by atoms with Crippen LogP contribution >= 0.6 is 0 Å². The number of nitrogens with one attached hydrogen (secondary N) is 1. The van der Waals surface area contributed by atoms with Crippen LogP contribution in [0.2, 0.25) is 0 Å². The average Bonchev–Trinajstić information content (AvgIpc) is 2.61. The molecule has 3 heteroatoms. The Morgan fingerprint density at radius 3 is 3.15 bits per heavy atom. The number of aldehydes is 1. The first kappa shape index (κ1) is 7.73. The number of fused-ring (bicyclic) bond motifs is 1. The standard InChI is InChI=1S/C10H8N2O/c13-5-1-2-8-3-4-9-10(6-8)12-7-11-9/h1-7H,(H,11,12). The van der Waals surface area contributed by atoms with Gasteiger partial charge in [0.25, 0.3) is 0 Å². The topological polar surface area (TPSA) is 45.8 Å². The van der Waals surface area contributed by atoms with Gasteiger partial charge in [0.1, 0.15) is 6.29 Å². The second-order valence-electron chi connectivity index (χ2n) is 2.67. The minimum atomic E-state index is 0.761. The van der Waals surface area contributed by atoms with Crippen LogP contribution in [0, 0.1) is 0 Å². The molecule has 0 unspecified atom stereocenters. The molecule has 2 rings (SSSR count). The van der Waals surface area contributed by atoms with Crippen molar-refractivity contribution in [3.63, 3.8) is 0 Å². The molecule has 0 fully saturated rings. The van der Waals surface area contributed by atoms with Crippen molar-refractivity contribution in [3.05, 3.63) is 36.2 Å². The maximum atomic E-state index is 10.1. The third kappa shape index (κ3) is 1.49. The number of allylic oxidation sites excluding steroid dienone is 1. The molecule has 1 aromatic heterocycles. The zero-order valence-electron chi connectivity index (χ0n) is 6.90. The molecule has 0 saturated carbocycles. The van der Waals surface area contributed by atoms with Gasteiger partial charge in [-0.1, -0.05) is 12.1 Å². The number of nitrogens with zero attached hydrogens (tertiary/aromatic N) is 1. The second-order valence-corrected chi connectivity index (χ2v) is 2.67. The molecule has 0 aliphatic carbocycles. The average molecular weight is 172 g/mol. The smallest absolute Gasteiger partial charge is 0.142 e. The van der Waals surface area contributed by atoms with E-state index in [0.29, 0.717) is 0 Å². The highest BCUT2D eigenvalue weighted by molar-refractivity contribution is 5.80. The van der Waals surface area contributed by atoms with E-state index in [9.17, 15) is 4.79 Å². The molecule has 64 valence electrons. The summed E-state index contributed by atoms with van der Waals surface area (Å²) in [5.74, 6) is 0. The Labute approximate surface area is 75.1 Å². The van der Waals surface area contributed by atoms with E-state index >= 15 is 0 Å². The molecule has 0 spiro atoms. The minimum absolute atomic E-state index is 0.761. The van der Waals surface area contributed by atoms with Crippen molar-refractivity contribution in [2.45, 2.75) is 0 Å². The largest absolute Gasteiger partial charge is 0.345 e. The Hall–Kier alpha value is -1.90. The molecule has 0 saturated heterocycles. The van der Waals surface area contributed by atoms with Gasteiger partial charge in [-0.3, -0.25) is 4.79 Å². The normalized spacial score (nSPS) is 11.1. The number of hydrogen-bond donors (Lipinski definition) is 1.